The van der Waals surface area contributed by atoms with Gasteiger partial charge in [-0.3, -0.25) is 4.31 Å². The topological polar surface area (TPSA) is 81.4 Å². The van der Waals surface area contributed by atoms with Gasteiger partial charge in [0.1, 0.15) is 5.75 Å². The van der Waals surface area contributed by atoms with E-state index in [2.05, 4.69) is 0 Å². The summed E-state index contributed by atoms with van der Waals surface area (Å²) >= 11 is 0. The third-order valence-electron chi connectivity index (χ3n) is 2.83. The third-order valence-corrected chi connectivity index (χ3v) is 4.63. The Hall–Kier alpha value is -2.52. The van der Waals surface area contributed by atoms with Gasteiger partial charge in [0.15, 0.2) is 0 Å². The summed E-state index contributed by atoms with van der Waals surface area (Å²) in [5.74, 6) is -0.00178. The second-order valence-corrected chi connectivity index (χ2v) is 6.10. The molecular weight excluding hydrogens is 276 g/mol. The minimum Gasteiger partial charge on any atom is -0.508 e. The monoisotopic (exact) mass is 288 g/mol. The molecule has 0 aromatic heterocycles. The van der Waals surface area contributed by atoms with Gasteiger partial charge in [-0.25, -0.2) is 8.42 Å². The van der Waals surface area contributed by atoms with Crippen molar-refractivity contribution in [3.63, 3.8) is 0 Å². The predicted octanol–water partition coefficient (Wildman–Crippen LogP) is 2.09. The molecule has 5 nitrogen and oxygen atoms in total. The summed E-state index contributed by atoms with van der Waals surface area (Å²) in [6.07, 6.45) is 0. The average Bonchev–Trinajstić information content (AvgIpc) is 2.47. The first-order valence-corrected chi connectivity index (χ1v) is 7.17. The Morgan fingerprint density at radius 1 is 1.15 bits per heavy atom. The van der Waals surface area contributed by atoms with Crippen molar-refractivity contribution in [3.8, 4) is 11.8 Å². The lowest BCUT2D eigenvalue weighted by atomic mass is 10.2. The lowest BCUT2D eigenvalue weighted by Crippen LogP contribution is -2.26. The number of benzene rings is 2. The predicted molar refractivity (Wildman–Crippen MR) is 74.9 cm³/mol. The molecule has 0 heterocycles. The fourth-order valence-electron chi connectivity index (χ4n) is 1.69. The van der Waals surface area contributed by atoms with Crippen LogP contribution in [0.5, 0.6) is 5.75 Å². The molecule has 0 saturated heterocycles. The maximum atomic E-state index is 12.4. The van der Waals surface area contributed by atoms with Crippen LogP contribution in [0, 0.1) is 11.3 Å². The van der Waals surface area contributed by atoms with Crippen molar-refractivity contribution < 1.29 is 13.5 Å². The minimum absolute atomic E-state index is 0.00178. The molecule has 0 atom stereocenters. The SMILES string of the molecule is CN(c1cccc(C#N)c1)S(=O)(=O)c1ccc(O)cc1. The first-order chi connectivity index (χ1) is 9.45. The Balaban J connectivity index is 2.43. The van der Waals surface area contributed by atoms with Crippen molar-refractivity contribution in [2.24, 2.45) is 0 Å². The zero-order chi connectivity index (χ0) is 14.8. The molecule has 1 N–H and O–H groups in total. The van der Waals surface area contributed by atoms with E-state index < -0.39 is 10.0 Å². The summed E-state index contributed by atoms with van der Waals surface area (Å²) in [5.41, 5.74) is 0.785. The summed E-state index contributed by atoms with van der Waals surface area (Å²) in [7, 11) is -2.31. The van der Waals surface area contributed by atoms with Crippen LogP contribution in [0.25, 0.3) is 0 Å². The Morgan fingerprint density at radius 3 is 2.40 bits per heavy atom. The highest BCUT2D eigenvalue weighted by Gasteiger charge is 2.21. The molecule has 2 rings (SSSR count). The fraction of sp³-hybridized carbons (Fsp3) is 0.0714. The van der Waals surface area contributed by atoms with Crippen LogP contribution in [0.2, 0.25) is 0 Å². The number of hydrogen-bond donors (Lipinski definition) is 1. The van der Waals surface area contributed by atoms with Gasteiger partial charge in [-0.15, -0.1) is 0 Å². The molecule has 0 bridgehead atoms. The summed E-state index contributed by atoms with van der Waals surface area (Å²) in [6.45, 7) is 0. The molecule has 0 fully saturated rings. The van der Waals surface area contributed by atoms with Crippen molar-refractivity contribution in [2.75, 3.05) is 11.4 Å². The number of phenolic OH excluding ortho intramolecular Hbond substituents is 1. The largest absolute Gasteiger partial charge is 0.508 e. The van der Waals surface area contributed by atoms with Gasteiger partial charge < -0.3 is 5.11 Å². The van der Waals surface area contributed by atoms with E-state index in [-0.39, 0.29) is 10.6 Å². The molecule has 102 valence electrons. The molecule has 0 spiro atoms. The third kappa shape index (κ3) is 2.58. The zero-order valence-corrected chi connectivity index (χ0v) is 11.5. The lowest BCUT2D eigenvalue weighted by molar-refractivity contribution is 0.475. The van der Waals surface area contributed by atoms with Crippen molar-refractivity contribution in [1.82, 2.24) is 0 Å². The van der Waals surface area contributed by atoms with Crippen molar-refractivity contribution in [2.45, 2.75) is 4.90 Å². The molecule has 0 amide bonds. The Kier molecular flexibility index (Phi) is 3.63. The smallest absolute Gasteiger partial charge is 0.264 e. The van der Waals surface area contributed by atoms with Crippen LogP contribution in [0.1, 0.15) is 5.56 Å². The van der Waals surface area contributed by atoms with Crippen LogP contribution in [0.15, 0.2) is 53.4 Å². The molecular formula is C14H12N2O3S. The van der Waals surface area contributed by atoms with Gasteiger partial charge in [0.05, 0.1) is 22.2 Å². The van der Waals surface area contributed by atoms with E-state index in [4.69, 9.17) is 5.26 Å². The van der Waals surface area contributed by atoms with Crippen LogP contribution in [0.4, 0.5) is 5.69 Å². The van der Waals surface area contributed by atoms with E-state index in [0.29, 0.717) is 11.3 Å². The van der Waals surface area contributed by atoms with Gasteiger partial charge in [0.2, 0.25) is 0 Å². The zero-order valence-electron chi connectivity index (χ0n) is 10.7. The summed E-state index contributed by atoms with van der Waals surface area (Å²) in [5, 5.41) is 18.1. The second-order valence-electron chi connectivity index (χ2n) is 4.13. The van der Waals surface area contributed by atoms with E-state index >= 15 is 0 Å². The molecule has 0 aliphatic rings. The standard InChI is InChI=1S/C14H12N2O3S/c1-16(12-4-2-3-11(9-12)10-15)20(18,19)14-7-5-13(17)6-8-14/h2-9,17H,1H3. The van der Waals surface area contributed by atoms with Crippen LogP contribution in [0.3, 0.4) is 0 Å². The molecule has 6 heteroatoms. The molecule has 0 saturated carbocycles. The van der Waals surface area contributed by atoms with Gasteiger partial charge in [0.25, 0.3) is 10.0 Å². The van der Waals surface area contributed by atoms with Crippen LogP contribution in [-0.4, -0.2) is 20.6 Å². The van der Waals surface area contributed by atoms with E-state index in [9.17, 15) is 13.5 Å². The normalized spacial score (nSPS) is 10.8. The molecule has 0 unspecified atom stereocenters. The quantitative estimate of drug-likeness (QED) is 0.937. The Morgan fingerprint density at radius 2 is 1.80 bits per heavy atom. The molecule has 0 aliphatic carbocycles. The first-order valence-electron chi connectivity index (χ1n) is 5.73. The van der Waals surface area contributed by atoms with Gasteiger partial charge in [-0.1, -0.05) is 6.07 Å². The van der Waals surface area contributed by atoms with Crippen molar-refractivity contribution >= 4 is 15.7 Å². The molecule has 2 aromatic carbocycles. The number of sulfonamides is 1. The molecule has 0 aliphatic heterocycles. The number of rotatable bonds is 3. The molecule has 0 radical (unpaired) electrons. The average molecular weight is 288 g/mol. The van der Waals surface area contributed by atoms with Gasteiger partial charge in [0, 0.05) is 7.05 Å². The van der Waals surface area contributed by atoms with Crippen LogP contribution < -0.4 is 4.31 Å². The number of nitriles is 1. The Bertz CT molecular complexity index is 762. The highest BCUT2D eigenvalue weighted by Crippen LogP contribution is 2.23. The molecule has 2 aromatic rings. The summed E-state index contributed by atoms with van der Waals surface area (Å²) < 4.78 is 25.9. The highest BCUT2D eigenvalue weighted by atomic mass is 32.2. The fourth-order valence-corrected chi connectivity index (χ4v) is 2.87. The summed E-state index contributed by atoms with van der Waals surface area (Å²) in [4.78, 5) is 0.0696. The van der Waals surface area contributed by atoms with Gasteiger partial charge >= 0.3 is 0 Å². The number of anilines is 1. The van der Waals surface area contributed by atoms with E-state index in [1.807, 2.05) is 6.07 Å². The van der Waals surface area contributed by atoms with Crippen LogP contribution >= 0.6 is 0 Å². The lowest BCUT2D eigenvalue weighted by Gasteiger charge is -2.19. The minimum atomic E-state index is -3.72. The number of aromatic hydroxyl groups is 1. The van der Waals surface area contributed by atoms with E-state index in [1.54, 1.807) is 18.2 Å². The Labute approximate surface area is 117 Å². The molecule has 20 heavy (non-hydrogen) atoms. The maximum Gasteiger partial charge on any atom is 0.264 e. The van der Waals surface area contributed by atoms with Crippen LogP contribution in [-0.2, 0) is 10.0 Å². The first kappa shape index (κ1) is 13.9. The number of phenols is 1. The van der Waals surface area contributed by atoms with Crippen molar-refractivity contribution in [1.29, 1.82) is 5.26 Å². The van der Waals surface area contributed by atoms with Gasteiger partial charge in [-0.05, 0) is 42.5 Å². The number of hydrogen-bond acceptors (Lipinski definition) is 4. The number of nitrogens with zero attached hydrogens (tertiary/aromatic N) is 2. The highest BCUT2D eigenvalue weighted by molar-refractivity contribution is 7.92. The van der Waals surface area contributed by atoms with E-state index in [1.165, 1.54) is 37.4 Å². The second kappa shape index (κ2) is 5.23. The van der Waals surface area contributed by atoms with E-state index in [0.717, 1.165) is 4.31 Å². The van der Waals surface area contributed by atoms with Crippen molar-refractivity contribution in [3.05, 3.63) is 54.1 Å². The maximum absolute atomic E-state index is 12.4. The van der Waals surface area contributed by atoms with Gasteiger partial charge in [-0.2, -0.15) is 5.26 Å². The summed E-state index contributed by atoms with van der Waals surface area (Å²) in [6, 6.07) is 13.6.